The summed E-state index contributed by atoms with van der Waals surface area (Å²) in [4.78, 5) is 26.1. The number of thiazole rings is 1. The fraction of sp³-hybridized carbons (Fsp3) is 0.292. The second-order valence-electron chi connectivity index (χ2n) is 8.42. The summed E-state index contributed by atoms with van der Waals surface area (Å²) in [6.07, 6.45) is 3.42. The lowest BCUT2D eigenvalue weighted by molar-refractivity contribution is -0.115. The molecule has 9 heteroatoms. The third kappa shape index (κ3) is 5.25. The molecular formula is C24H26N6O2S. The smallest absolute Gasteiger partial charge is 0.252 e. The molecule has 1 amide bonds. The number of carbonyl (C=O) groups excluding carboxylic acids is 1. The minimum absolute atomic E-state index is 0.138. The highest BCUT2D eigenvalue weighted by atomic mass is 32.1. The van der Waals surface area contributed by atoms with Crippen LogP contribution in [0, 0.1) is 0 Å². The molecule has 0 aliphatic carbocycles. The van der Waals surface area contributed by atoms with Gasteiger partial charge in [-0.05, 0) is 25.1 Å². The fourth-order valence-electron chi connectivity index (χ4n) is 3.18. The SMILES string of the molecule is CCOc1ccccc1-c1nc(CC(=O)Nc2cc(C(C)(C)C)nn2-c2ncccn2)cs1. The minimum atomic E-state index is -0.197. The van der Waals surface area contributed by atoms with Crippen LogP contribution in [0.5, 0.6) is 5.75 Å². The maximum Gasteiger partial charge on any atom is 0.252 e. The molecule has 0 bridgehead atoms. The summed E-state index contributed by atoms with van der Waals surface area (Å²) in [5.74, 6) is 1.51. The van der Waals surface area contributed by atoms with Crippen LogP contribution >= 0.6 is 11.3 Å². The standard InChI is InChI=1S/C24H26N6O2S/c1-5-32-18-10-7-6-9-17(18)22-27-16(15-33-22)13-21(31)28-20-14-19(24(2,3)4)29-30(20)23-25-11-8-12-26-23/h6-12,14-15H,5,13H2,1-4H3,(H,28,31). The molecule has 0 fully saturated rings. The van der Waals surface area contributed by atoms with Gasteiger partial charge >= 0.3 is 0 Å². The van der Waals surface area contributed by atoms with Gasteiger partial charge in [0.05, 0.1) is 30.0 Å². The van der Waals surface area contributed by atoms with Crippen LogP contribution < -0.4 is 10.1 Å². The largest absolute Gasteiger partial charge is 0.493 e. The number of aromatic nitrogens is 5. The predicted octanol–water partition coefficient (Wildman–Crippen LogP) is 4.66. The number of ether oxygens (including phenoxy) is 1. The third-order valence-electron chi connectivity index (χ3n) is 4.80. The van der Waals surface area contributed by atoms with E-state index in [0.29, 0.717) is 24.1 Å². The van der Waals surface area contributed by atoms with Gasteiger partial charge in [-0.3, -0.25) is 4.79 Å². The molecule has 3 aromatic heterocycles. The van der Waals surface area contributed by atoms with E-state index in [2.05, 4.69) is 46.1 Å². The van der Waals surface area contributed by atoms with E-state index in [1.165, 1.54) is 11.3 Å². The van der Waals surface area contributed by atoms with E-state index in [-0.39, 0.29) is 17.7 Å². The van der Waals surface area contributed by atoms with Gasteiger partial charge in [0.1, 0.15) is 16.6 Å². The molecule has 0 atom stereocenters. The number of benzene rings is 1. The molecule has 1 aromatic carbocycles. The first-order valence-electron chi connectivity index (χ1n) is 10.7. The molecule has 33 heavy (non-hydrogen) atoms. The number of para-hydroxylation sites is 1. The Morgan fingerprint density at radius 2 is 1.91 bits per heavy atom. The van der Waals surface area contributed by atoms with E-state index in [4.69, 9.17) is 4.74 Å². The number of nitrogens with zero attached hydrogens (tertiary/aromatic N) is 5. The topological polar surface area (TPSA) is 94.8 Å². The van der Waals surface area contributed by atoms with Crippen LogP contribution in [0.2, 0.25) is 0 Å². The molecular weight excluding hydrogens is 436 g/mol. The van der Waals surface area contributed by atoms with Crippen LogP contribution in [-0.2, 0) is 16.6 Å². The van der Waals surface area contributed by atoms with Crippen LogP contribution in [0.4, 0.5) is 5.82 Å². The van der Waals surface area contributed by atoms with E-state index >= 15 is 0 Å². The fourth-order valence-corrected chi connectivity index (χ4v) is 4.03. The summed E-state index contributed by atoms with van der Waals surface area (Å²) in [6.45, 7) is 8.72. The lowest BCUT2D eigenvalue weighted by atomic mass is 9.92. The molecule has 1 N–H and O–H groups in total. The number of nitrogens with one attached hydrogen (secondary N) is 1. The molecule has 0 saturated carbocycles. The van der Waals surface area contributed by atoms with Gasteiger partial charge in [0, 0.05) is 29.3 Å². The van der Waals surface area contributed by atoms with Gasteiger partial charge in [-0.15, -0.1) is 11.3 Å². The quantitative estimate of drug-likeness (QED) is 0.429. The first kappa shape index (κ1) is 22.6. The van der Waals surface area contributed by atoms with Gasteiger partial charge in [-0.1, -0.05) is 32.9 Å². The minimum Gasteiger partial charge on any atom is -0.493 e. The maximum atomic E-state index is 12.9. The van der Waals surface area contributed by atoms with Crippen molar-refractivity contribution >= 4 is 23.1 Å². The molecule has 0 aliphatic rings. The van der Waals surface area contributed by atoms with E-state index in [9.17, 15) is 4.79 Å². The molecule has 0 radical (unpaired) electrons. The van der Waals surface area contributed by atoms with Gasteiger partial charge in [-0.2, -0.15) is 9.78 Å². The van der Waals surface area contributed by atoms with Gasteiger partial charge in [0.2, 0.25) is 5.91 Å². The van der Waals surface area contributed by atoms with Gasteiger partial charge in [-0.25, -0.2) is 15.0 Å². The highest BCUT2D eigenvalue weighted by molar-refractivity contribution is 7.13. The molecule has 3 heterocycles. The van der Waals surface area contributed by atoms with Gasteiger partial charge in [0.15, 0.2) is 0 Å². The lowest BCUT2D eigenvalue weighted by Crippen LogP contribution is -2.18. The number of anilines is 1. The van der Waals surface area contributed by atoms with Crippen molar-refractivity contribution in [3.63, 3.8) is 0 Å². The molecule has 0 aliphatic heterocycles. The van der Waals surface area contributed by atoms with Gasteiger partial charge in [0.25, 0.3) is 5.95 Å². The zero-order chi connectivity index (χ0) is 23.4. The normalized spacial score (nSPS) is 11.4. The Labute approximate surface area is 196 Å². The van der Waals surface area contributed by atoms with Crippen molar-refractivity contribution < 1.29 is 9.53 Å². The first-order chi connectivity index (χ1) is 15.8. The van der Waals surface area contributed by atoms with Crippen molar-refractivity contribution in [2.45, 2.75) is 39.5 Å². The van der Waals surface area contributed by atoms with Crippen molar-refractivity contribution in [3.05, 3.63) is 65.6 Å². The average molecular weight is 463 g/mol. The highest BCUT2D eigenvalue weighted by Crippen LogP contribution is 2.32. The van der Waals surface area contributed by atoms with E-state index in [1.807, 2.05) is 42.6 Å². The summed E-state index contributed by atoms with van der Waals surface area (Å²) in [5, 5.41) is 10.3. The molecule has 4 rings (SSSR count). The zero-order valence-electron chi connectivity index (χ0n) is 19.1. The monoisotopic (exact) mass is 462 g/mol. The molecule has 0 spiro atoms. The Kier molecular flexibility index (Phi) is 6.50. The number of rotatable bonds is 7. The summed E-state index contributed by atoms with van der Waals surface area (Å²) < 4.78 is 7.27. The third-order valence-corrected chi connectivity index (χ3v) is 5.72. The molecule has 8 nitrogen and oxygen atoms in total. The Bertz CT molecular complexity index is 1240. The number of hydrogen-bond acceptors (Lipinski definition) is 7. The van der Waals surface area contributed by atoms with Crippen molar-refractivity contribution in [1.82, 2.24) is 24.7 Å². The Morgan fingerprint density at radius 1 is 1.15 bits per heavy atom. The molecule has 4 aromatic rings. The van der Waals surface area contributed by atoms with Crippen LogP contribution in [0.15, 0.2) is 54.2 Å². The van der Waals surface area contributed by atoms with Crippen molar-refractivity contribution in [1.29, 1.82) is 0 Å². The number of amides is 1. The summed E-state index contributed by atoms with van der Waals surface area (Å²) in [6, 6.07) is 11.4. The molecule has 170 valence electrons. The number of hydrogen-bond donors (Lipinski definition) is 1. The van der Waals surface area contributed by atoms with Crippen LogP contribution in [0.25, 0.3) is 16.5 Å². The van der Waals surface area contributed by atoms with E-state index in [1.54, 1.807) is 23.1 Å². The summed E-state index contributed by atoms with van der Waals surface area (Å²) >= 11 is 1.49. The average Bonchev–Trinajstić information content (AvgIpc) is 3.42. The second kappa shape index (κ2) is 9.50. The van der Waals surface area contributed by atoms with Crippen LogP contribution in [-0.4, -0.2) is 37.2 Å². The number of carbonyl (C=O) groups is 1. The Balaban J connectivity index is 1.54. The Morgan fingerprint density at radius 3 is 2.64 bits per heavy atom. The molecule has 0 unspecified atom stereocenters. The lowest BCUT2D eigenvalue weighted by Gasteiger charge is -2.13. The first-order valence-corrected chi connectivity index (χ1v) is 11.6. The Hall–Kier alpha value is -3.59. The van der Waals surface area contributed by atoms with Crippen molar-refractivity contribution in [2.75, 3.05) is 11.9 Å². The van der Waals surface area contributed by atoms with Crippen LogP contribution in [0.1, 0.15) is 39.1 Å². The van der Waals surface area contributed by atoms with E-state index < -0.39 is 0 Å². The second-order valence-corrected chi connectivity index (χ2v) is 9.28. The predicted molar refractivity (Wildman–Crippen MR) is 129 cm³/mol. The van der Waals surface area contributed by atoms with E-state index in [0.717, 1.165) is 22.0 Å². The maximum absolute atomic E-state index is 12.9. The molecule has 0 saturated heterocycles. The van der Waals surface area contributed by atoms with Crippen molar-refractivity contribution in [3.8, 4) is 22.3 Å². The van der Waals surface area contributed by atoms with Crippen molar-refractivity contribution in [2.24, 2.45) is 0 Å². The summed E-state index contributed by atoms with van der Waals surface area (Å²) in [7, 11) is 0. The van der Waals surface area contributed by atoms with Gasteiger partial charge < -0.3 is 10.1 Å². The van der Waals surface area contributed by atoms with Crippen LogP contribution in [0.3, 0.4) is 0 Å². The highest BCUT2D eigenvalue weighted by Gasteiger charge is 2.22. The summed E-state index contributed by atoms with van der Waals surface area (Å²) in [5.41, 5.74) is 2.24. The zero-order valence-corrected chi connectivity index (χ0v) is 19.9.